The molecule has 1 unspecified atom stereocenters. The molecular formula is C19H19F2N3O6S3. The first-order valence-electron chi connectivity index (χ1n) is 9.26. The van der Waals surface area contributed by atoms with Crippen molar-refractivity contribution in [1.29, 1.82) is 0 Å². The number of fused-ring (bicyclic) bond motifs is 1. The number of sulfone groups is 1. The Morgan fingerprint density at radius 3 is 2.48 bits per heavy atom. The number of rotatable bonds is 9. The van der Waals surface area contributed by atoms with E-state index >= 15 is 0 Å². The summed E-state index contributed by atoms with van der Waals surface area (Å²) in [7, 11) is -7.78. The number of amides is 1. The van der Waals surface area contributed by atoms with E-state index in [0.29, 0.717) is 21.3 Å². The van der Waals surface area contributed by atoms with Gasteiger partial charge in [-0.3, -0.25) is 4.79 Å². The van der Waals surface area contributed by atoms with Gasteiger partial charge in [0.25, 0.3) is 0 Å². The molecule has 3 aromatic rings. The maximum Gasteiger partial charge on any atom is 0.387 e. The maximum absolute atomic E-state index is 12.5. The second-order valence-corrected chi connectivity index (χ2v) is 11.9. The molecule has 0 aliphatic rings. The van der Waals surface area contributed by atoms with Crippen molar-refractivity contribution < 1.29 is 35.1 Å². The summed E-state index contributed by atoms with van der Waals surface area (Å²) in [5.41, 5.74) is 1.67. The number of carbonyl (C=O) groups excluding carboxylic acids is 1. The third-order valence-electron chi connectivity index (χ3n) is 4.37. The van der Waals surface area contributed by atoms with Crippen LogP contribution in [0.4, 0.5) is 8.78 Å². The van der Waals surface area contributed by atoms with Crippen LogP contribution in [0.2, 0.25) is 0 Å². The molecule has 0 spiro atoms. The van der Waals surface area contributed by atoms with Crippen LogP contribution in [0.5, 0.6) is 5.75 Å². The molecule has 178 valence electrons. The van der Waals surface area contributed by atoms with Gasteiger partial charge in [-0.2, -0.15) is 8.78 Å². The van der Waals surface area contributed by atoms with Crippen molar-refractivity contribution in [3.63, 3.8) is 0 Å². The molecule has 1 amide bonds. The van der Waals surface area contributed by atoms with E-state index in [1.807, 2.05) is 0 Å². The van der Waals surface area contributed by atoms with Crippen LogP contribution in [0.15, 0.2) is 42.5 Å². The number of primary sulfonamides is 1. The van der Waals surface area contributed by atoms with Crippen molar-refractivity contribution in [3.05, 3.63) is 47.5 Å². The molecule has 0 radical (unpaired) electrons. The number of nitrogens with zero attached hydrogens (tertiary/aromatic N) is 1. The molecule has 0 bridgehead atoms. The molecule has 1 atom stereocenters. The molecule has 33 heavy (non-hydrogen) atoms. The van der Waals surface area contributed by atoms with E-state index in [0.717, 1.165) is 17.6 Å². The number of aromatic nitrogens is 1. The normalized spacial score (nSPS) is 13.2. The van der Waals surface area contributed by atoms with Crippen molar-refractivity contribution in [1.82, 2.24) is 10.3 Å². The molecule has 0 fully saturated rings. The predicted octanol–water partition coefficient (Wildman–Crippen LogP) is 2.06. The lowest BCUT2D eigenvalue weighted by molar-refractivity contribution is -0.120. The van der Waals surface area contributed by atoms with Gasteiger partial charge >= 0.3 is 6.61 Å². The van der Waals surface area contributed by atoms with Crippen molar-refractivity contribution in [2.75, 3.05) is 18.6 Å². The third kappa shape index (κ3) is 6.66. The number of thiazole rings is 1. The molecule has 1 heterocycles. The first kappa shape index (κ1) is 25.0. The van der Waals surface area contributed by atoms with Gasteiger partial charge in [0.15, 0.2) is 15.1 Å². The highest BCUT2D eigenvalue weighted by Gasteiger charge is 2.34. The van der Waals surface area contributed by atoms with Crippen molar-refractivity contribution in [2.24, 2.45) is 5.14 Å². The van der Waals surface area contributed by atoms with Gasteiger partial charge in [0.1, 0.15) is 10.8 Å². The van der Waals surface area contributed by atoms with Crippen molar-refractivity contribution >= 4 is 47.3 Å². The first-order chi connectivity index (χ1) is 15.3. The fourth-order valence-corrected chi connectivity index (χ4v) is 5.92. The zero-order valence-electron chi connectivity index (χ0n) is 17.1. The van der Waals surface area contributed by atoms with E-state index in [2.05, 4.69) is 15.0 Å². The lowest BCUT2D eigenvalue weighted by Gasteiger charge is -2.12. The SMILES string of the molecule is CS(=O)(=O)C(C(=O)NCCS(N)(=O)=O)c1nc2ccc(-c3cccc(OC(F)F)c3)cc2s1. The van der Waals surface area contributed by atoms with E-state index in [9.17, 15) is 30.4 Å². The summed E-state index contributed by atoms with van der Waals surface area (Å²) in [6, 6.07) is 11.1. The third-order valence-corrected chi connectivity index (χ3v) is 7.67. The van der Waals surface area contributed by atoms with E-state index < -0.39 is 43.4 Å². The molecule has 1 aromatic heterocycles. The minimum atomic E-state index is -3.94. The van der Waals surface area contributed by atoms with Crippen LogP contribution in [0.1, 0.15) is 10.3 Å². The Morgan fingerprint density at radius 1 is 1.15 bits per heavy atom. The van der Waals surface area contributed by atoms with Gasteiger partial charge in [0.05, 0.1) is 16.0 Å². The Morgan fingerprint density at radius 2 is 1.85 bits per heavy atom. The number of halogens is 2. The average molecular weight is 520 g/mol. The molecule has 14 heteroatoms. The van der Waals surface area contributed by atoms with E-state index in [-0.39, 0.29) is 17.3 Å². The van der Waals surface area contributed by atoms with Crippen molar-refractivity contribution in [3.8, 4) is 16.9 Å². The average Bonchev–Trinajstić information content (AvgIpc) is 3.07. The number of alkyl halides is 2. The van der Waals surface area contributed by atoms with Crippen LogP contribution in [-0.4, -0.2) is 52.9 Å². The van der Waals surface area contributed by atoms with Crippen LogP contribution in [-0.2, 0) is 24.7 Å². The second kappa shape index (κ2) is 9.67. The highest BCUT2D eigenvalue weighted by Crippen LogP contribution is 2.34. The molecule has 3 rings (SSSR count). The summed E-state index contributed by atoms with van der Waals surface area (Å²) >= 11 is 0.978. The molecule has 3 N–H and O–H groups in total. The number of ether oxygens (including phenoxy) is 1. The lowest BCUT2D eigenvalue weighted by atomic mass is 10.1. The standard InChI is InChI=1S/C19H19F2N3O6S3/c1-32(26,27)16(17(25)23-7-8-33(22,28)29)18-24-14-6-5-12(10-15(14)31-18)11-3-2-4-13(9-11)30-19(20)21/h2-6,9-10,16,19H,7-8H2,1H3,(H,23,25)(H2,22,28,29). The Labute approximate surface area is 192 Å². The number of nitrogens with two attached hydrogens (primary N) is 1. The van der Waals surface area contributed by atoms with Gasteiger partial charge in [-0.25, -0.2) is 27.0 Å². The van der Waals surface area contributed by atoms with Crippen LogP contribution < -0.4 is 15.2 Å². The maximum atomic E-state index is 12.5. The Kier molecular flexibility index (Phi) is 7.31. The van der Waals surface area contributed by atoms with Crippen LogP contribution in [0.25, 0.3) is 21.3 Å². The molecule has 9 nitrogen and oxygen atoms in total. The topological polar surface area (TPSA) is 146 Å². The highest BCUT2D eigenvalue weighted by atomic mass is 32.2. The van der Waals surface area contributed by atoms with Crippen molar-refractivity contribution in [2.45, 2.75) is 11.9 Å². The molecule has 0 saturated carbocycles. The summed E-state index contributed by atoms with van der Waals surface area (Å²) < 4.78 is 76.7. The number of nitrogens with one attached hydrogen (secondary N) is 1. The molecule has 0 aliphatic heterocycles. The van der Waals surface area contributed by atoms with E-state index in [1.54, 1.807) is 30.3 Å². The minimum Gasteiger partial charge on any atom is -0.435 e. The predicted molar refractivity (Wildman–Crippen MR) is 120 cm³/mol. The van der Waals surface area contributed by atoms with Gasteiger partial charge in [-0.05, 0) is 35.4 Å². The molecular weight excluding hydrogens is 500 g/mol. The largest absolute Gasteiger partial charge is 0.435 e. The number of carbonyl (C=O) groups is 1. The zero-order valence-corrected chi connectivity index (χ0v) is 19.5. The Balaban J connectivity index is 1.92. The number of hydrogen-bond acceptors (Lipinski definition) is 8. The highest BCUT2D eigenvalue weighted by molar-refractivity contribution is 7.91. The molecule has 0 saturated heterocycles. The van der Waals surface area contributed by atoms with Gasteiger partial charge in [-0.15, -0.1) is 11.3 Å². The van der Waals surface area contributed by atoms with Crippen LogP contribution in [0.3, 0.4) is 0 Å². The van der Waals surface area contributed by atoms with E-state index in [1.165, 1.54) is 12.1 Å². The summed E-state index contributed by atoms with van der Waals surface area (Å²) in [6.07, 6.45) is 0.878. The quantitative estimate of drug-likeness (QED) is 0.440. The van der Waals surface area contributed by atoms with Crippen LogP contribution in [0, 0.1) is 0 Å². The monoisotopic (exact) mass is 519 g/mol. The number of benzene rings is 2. The number of sulfonamides is 1. The smallest absolute Gasteiger partial charge is 0.387 e. The van der Waals surface area contributed by atoms with Gasteiger partial charge in [0.2, 0.25) is 15.9 Å². The van der Waals surface area contributed by atoms with Crippen LogP contribution >= 0.6 is 11.3 Å². The zero-order chi connectivity index (χ0) is 24.4. The first-order valence-corrected chi connectivity index (χ1v) is 13.7. The summed E-state index contributed by atoms with van der Waals surface area (Å²) in [4.78, 5) is 16.8. The Hall–Kier alpha value is -2.68. The minimum absolute atomic E-state index is 0.00698. The lowest BCUT2D eigenvalue weighted by Crippen LogP contribution is -2.37. The molecule has 2 aromatic carbocycles. The van der Waals surface area contributed by atoms with Gasteiger partial charge in [-0.1, -0.05) is 18.2 Å². The van der Waals surface area contributed by atoms with E-state index in [4.69, 9.17) is 5.14 Å². The number of hydrogen-bond donors (Lipinski definition) is 2. The summed E-state index contributed by atoms with van der Waals surface area (Å²) in [5.74, 6) is -1.48. The second-order valence-electron chi connectivity index (χ2n) is 7.01. The summed E-state index contributed by atoms with van der Waals surface area (Å²) in [5, 5.41) is 5.52. The molecule has 0 aliphatic carbocycles. The van der Waals surface area contributed by atoms with Gasteiger partial charge in [0, 0.05) is 12.8 Å². The fourth-order valence-electron chi connectivity index (χ4n) is 2.98. The summed E-state index contributed by atoms with van der Waals surface area (Å²) in [6.45, 7) is -3.31. The van der Waals surface area contributed by atoms with Gasteiger partial charge < -0.3 is 10.1 Å². The fraction of sp³-hybridized carbons (Fsp3) is 0.263. The Bertz CT molecular complexity index is 1390.